The van der Waals surface area contributed by atoms with Crippen LogP contribution in [0.15, 0.2) is 205 Å². The number of hydrogen-bond acceptors (Lipinski definition) is 3. The molecule has 0 bridgehead atoms. The zero-order valence-electron chi connectivity index (χ0n) is 33.3. The average Bonchev–Trinajstić information content (AvgIpc) is 3.94. The van der Waals surface area contributed by atoms with Gasteiger partial charge in [-0.2, -0.15) is 0 Å². The molecule has 0 fully saturated rings. The van der Waals surface area contributed by atoms with Crippen LogP contribution < -0.4 is 4.90 Å². The molecule has 11 aromatic rings. The van der Waals surface area contributed by atoms with Crippen molar-refractivity contribution in [3.8, 4) is 44.5 Å². The van der Waals surface area contributed by atoms with Crippen molar-refractivity contribution in [3.63, 3.8) is 0 Å². The monoisotopic (exact) mass is 785 g/mol. The minimum atomic E-state index is -0.115. The molecule has 0 radical (unpaired) electrons. The zero-order chi connectivity index (χ0) is 40.0. The number of thiophene rings is 1. The summed E-state index contributed by atoms with van der Waals surface area (Å²) < 4.78 is 8.79. The summed E-state index contributed by atoms with van der Waals surface area (Å²) in [5, 5.41) is 4.90. The van der Waals surface area contributed by atoms with Crippen molar-refractivity contribution in [3.05, 3.63) is 211 Å². The molecule has 0 aliphatic heterocycles. The third-order valence-corrected chi connectivity index (χ3v) is 13.9. The van der Waals surface area contributed by atoms with Crippen LogP contribution in [0.2, 0.25) is 0 Å². The second-order valence-corrected chi connectivity index (χ2v) is 17.5. The van der Waals surface area contributed by atoms with E-state index in [4.69, 9.17) is 4.42 Å². The van der Waals surface area contributed by atoms with Crippen LogP contribution in [0.3, 0.4) is 0 Å². The van der Waals surface area contributed by atoms with Crippen LogP contribution in [0, 0.1) is 0 Å². The van der Waals surface area contributed by atoms with E-state index in [1.807, 2.05) is 23.5 Å². The summed E-state index contributed by atoms with van der Waals surface area (Å²) >= 11 is 1.89. The molecule has 1 aliphatic carbocycles. The second-order valence-electron chi connectivity index (χ2n) is 16.5. The van der Waals surface area contributed by atoms with E-state index < -0.39 is 0 Å². The topological polar surface area (TPSA) is 16.4 Å². The Morgan fingerprint density at radius 3 is 1.83 bits per heavy atom. The minimum absolute atomic E-state index is 0.115. The predicted octanol–water partition coefficient (Wildman–Crippen LogP) is 16.7. The second kappa shape index (κ2) is 13.4. The summed E-state index contributed by atoms with van der Waals surface area (Å²) in [4.78, 5) is 2.41. The first kappa shape index (κ1) is 34.8. The van der Waals surface area contributed by atoms with Crippen molar-refractivity contribution in [2.75, 3.05) is 4.90 Å². The van der Waals surface area contributed by atoms with E-state index >= 15 is 0 Å². The molecular formula is C57H39NOS. The molecule has 12 rings (SSSR count). The Balaban J connectivity index is 0.983. The van der Waals surface area contributed by atoms with Crippen LogP contribution in [-0.2, 0) is 5.41 Å². The van der Waals surface area contributed by atoms with Crippen molar-refractivity contribution < 1.29 is 4.42 Å². The van der Waals surface area contributed by atoms with Gasteiger partial charge in [-0.3, -0.25) is 0 Å². The molecule has 284 valence electrons. The first-order valence-electron chi connectivity index (χ1n) is 20.7. The Morgan fingerprint density at radius 1 is 0.400 bits per heavy atom. The third-order valence-electron chi connectivity index (χ3n) is 12.7. The maximum Gasteiger partial charge on any atom is 0.135 e. The normalized spacial score (nSPS) is 13.0. The molecular weight excluding hydrogens is 747 g/mol. The summed E-state index contributed by atoms with van der Waals surface area (Å²) in [6.07, 6.45) is 0. The third kappa shape index (κ3) is 5.40. The van der Waals surface area contributed by atoms with E-state index in [1.54, 1.807) is 0 Å². The summed E-state index contributed by atoms with van der Waals surface area (Å²) in [6.45, 7) is 4.71. The standard InChI is InChI=1S/C57H39NOS/c1-57(2)50-17-9-6-14-44(50)45-30-29-42(35-51(45)57)58(40-25-20-36(21-26-40)39-24-33-53-49(34-39)46-15-7-10-18-52(46)59-53)41-27-22-37(23-28-41)43-31-32-48-47-16-8-11-19-54(47)60-56(48)55(43)38-12-4-3-5-13-38/h3-35H,1-2H3. The largest absolute Gasteiger partial charge is 0.456 e. The molecule has 1 aliphatic rings. The fourth-order valence-electron chi connectivity index (χ4n) is 9.70. The van der Waals surface area contributed by atoms with E-state index in [0.29, 0.717) is 0 Å². The van der Waals surface area contributed by atoms with E-state index in [-0.39, 0.29) is 5.41 Å². The lowest BCUT2D eigenvalue weighted by Crippen LogP contribution is -2.16. The molecule has 0 amide bonds. The molecule has 2 heterocycles. The van der Waals surface area contributed by atoms with Gasteiger partial charge in [0.1, 0.15) is 11.2 Å². The van der Waals surface area contributed by atoms with Crippen molar-refractivity contribution >= 4 is 70.5 Å². The molecule has 0 spiro atoms. The highest BCUT2D eigenvalue weighted by atomic mass is 32.1. The van der Waals surface area contributed by atoms with Crippen LogP contribution in [0.25, 0.3) is 86.6 Å². The fourth-order valence-corrected chi connectivity index (χ4v) is 11.0. The first-order chi connectivity index (χ1) is 29.5. The van der Waals surface area contributed by atoms with Crippen LogP contribution in [0.5, 0.6) is 0 Å². The molecule has 0 saturated heterocycles. The number of benzene rings is 9. The Bertz CT molecular complexity index is 3440. The van der Waals surface area contributed by atoms with E-state index in [9.17, 15) is 0 Å². The number of hydrogen-bond donors (Lipinski definition) is 0. The quantitative estimate of drug-likeness (QED) is 0.167. The molecule has 0 N–H and O–H groups in total. The number of nitrogens with zero attached hydrogens (tertiary/aromatic N) is 1. The average molecular weight is 786 g/mol. The van der Waals surface area contributed by atoms with Gasteiger partial charge in [-0.05, 0) is 111 Å². The molecule has 0 saturated carbocycles. The van der Waals surface area contributed by atoms with Gasteiger partial charge in [0.2, 0.25) is 0 Å². The van der Waals surface area contributed by atoms with Crippen LogP contribution >= 0.6 is 11.3 Å². The lowest BCUT2D eigenvalue weighted by molar-refractivity contribution is 0.660. The van der Waals surface area contributed by atoms with Gasteiger partial charge in [0.05, 0.1) is 0 Å². The van der Waals surface area contributed by atoms with E-state index in [0.717, 1.165) is 44.6 Å². The van der Waals surface area contributed by atoms with Gasteiger partial charge < -0.3 is 9.32 Å². The van der Waals surface area contributed by atoms with Crippen molar-refractivity contribution in [1.82, 2.24) is 0 Å². The van der Waals surface area contributed by atoms with Gasteiger partial charge in [0.15, 0.2) is 0 Å². The van der Waals surface area contributed by atoms with Gasteiger partial charge in [-0.1, -0.05) is 153 Å². The number of furan rings is 1. The smallest absolute Gasteiger partial charge is 0.135 e. The predicted molar refractivity (Wildman–Crippen MR) is 255 cm³/mol. The summed E-state index contributed by atoms with van der Waals surface area (Å²) in [5.74, 6) is 0. The Labute approximate surface area is 353 Å². The van der Waals surface area contributed by atoms with Crippen molar-refractivity contribution in [2.24, 2.45) is 0 Å². The number of para-hydroxylation sites is 1. The summed E-state index contributed by atoms with van der Waals surface area (Å²) in [6, 6.07) is 73.2. The number of fused-ring (bicyclic) bond motifs is 9. The summed E-state index contributed by atoms with van der Waals surface area (Å²) in [7, 11) is 0. The Kier molecular flexibility index (Phi) is 7.79. The minimum Gasteiger partial charge on any atom is -0.456 e. The van der Waals surface area contributed by atoms with E-state index in [1.165, 1.54) is 70.2 Å². The van der Waals surface area contributed by atoms with Crippen LogP contribution in [0.1, 0.15) is 25.0 Å². The highest BCUT2D eigenvalue weighted by molar-refractivity contribution is 7.26. The molecule has 0 unspecified atom stereocenters. The number of anilines is 3. The summed E-state index contributed by atoms with van der Waals surface area (Å²) in [5.41, 5.74) is 17.7. The fraction of sp³-hybridized carbons (Fsp3) is 0.0526. The van der Waals surface area contributed by atoms with Crippen molar-refractivity contribution in [1.29, 1.82) is 0 Å². The maximum absolute atomic E-state index is 6.15. The molecule has 3 heteroatoms. The highest BCUT2D eigenvalue weighted by Crippen LogP contribution is 2.51. The van der Waals surface area contributed by atoms with Crippen molar-refractivity contribution in [2.45, 2.75) is 19.3 Å². The maximum atomic E-state index is 6.15. The van der Waals surface area contributed by atoms with Gasteiger partial charge in [-0.15, -0.1) is 11.3 Å². The van der Waals surface area contributed by atoms with Gasteiger partial charge in [0, 0.05) is 59.0 Å². The van der Waals surface area contributed by atoms with Crippen LogP contribution in [-0.4, -0.2) is 0 Å². The number of rotatable bonds is 6. The molecule has 60 heavy (non-hydrogen) atoms. The Hall–Kier alpha value is -7.20. The molecule has 0 atom stereocenters. The zero-order valence-corrected chi connectivity index (χ0v) is 34.1. The molecule has 2 nitrogen and oxygen atoms in total. The Morgan fingerprint density at radius 2 is 1.02 bits per heavy atom. The van der Waals surface area contributed by atoms with Crippen LogP contribution in [0.4, 0.5) is 17.1 Å². The molecule has 9 aromatic carbocycles. The SMILES string of the molecule is CC1(C)c2ccccc2-c2ccc(N(c3ccc(-c4ccc5oc6ccccc6c5c4)cc3)c3ccc(-c4ccc5c(sc6ccccc65)c4-c4ccccc4)cc3)cc21. The lowest BCUT2D eigenvalue weighted by Gasteiger charge is -2.28. The highest BCUT2D eigenvalue weighted by Gasteiger charge is 2.35. The van der Waals surface area contributed by atoms with E-state index in [2.05, 4.69) is 207 Å². The van der Waals surface area contributed by atoms with Gasteiger partial charge >= 0.3 is 0 Å². The molecule has 2 aromatic heterocycles. The van der Waals surface area contributed by atoms with Gasteiger partial charge in [-0.25, -0.2) is 0 Å². The lowest BCUT2D eigenvalue weighted by atomic mass is 9.82. The first-order valence-corrected chi connectivity index (χ1v) is 21.5. The van der Waals surface area contributed by atoms with Gasteiger partial charge in [0.25, 0.3) is 0 Å².